The predicted molar refractivity (Wildman–Crippen MR) is 108 cm³/mol. The van der Waals surface area contributed by atoms with Crippen molar-refractivity contribution >= 4 is 34.0 Å². The van der Waals surface area contributed by atoms with Crippen molar-refractivity contribution in [3.8, 4) is 5.75 Å². The molecule has 0 fully saturated rings. The summed E-state index contributed by atoms with van der Waals surface area (Å²) in [4.78, 5) is 28.1. The van der Waals surface area contributed by atoms with Crippen LogP contribution in [0.2, 0.25) is 0 Å². The molecule has 0 aliphatic heterocycles. The molecule has 10 heteroatoms. The van der Waals surface area contributed by atoms with Gasteiger partial charge in [-0.05, 0) is 29.8 Å². The molecule has 30 heavy (non-hydrogen) atoms. The van der Waals surface area contributed by atoms with E-state index in [1.807, 2.05) is 30.3 Å². The van der Waals surface area contributed by atoms with Crippen molar-refractivity contribution in [3.05, 3.63) is 71.2 Å². The topological polar surface area (TPSA) is 89.6 Å². The molecule has 0 bridgehead atoms. The number of hydrogen-bond acceptors (Lipinski definition) is 7. The molecule has 2 aromatic carbocycles. The van der Waals surface area contributed by atoms with Crippen molar-refractivity contribution in [2.24, 2.45) is 0 Å². The summed E-state index contributed by atoms with van der Waals surface area (Å²) in [6.45, 7) is -2.88. The SMILES string of the molecule is O=C(COC(=O)c1csc(NCc2ccccc2)n1)Nc1ccc(OC(F)F)cc1. The van der Waals surface area contributed by atoms with Gasteiger partial charge < -0.3 is 20.1 Å². The Labute approximate surface area is 174 Å². The fourth-order valence-electron chi connectivity index (χ4n) is 2.34. The second-order valence-corrected chi connectivity index (χ2v) is 6.76. The van der Waals surface area contributed by atoms with E-state index < -0.39 is 25.1 Å². The second kappa shape index (κ2) is 10.3. The van der Waals surface area contributed by atoms with E-state index in [-0.39, 0.29) is 11.4 Å². The monoisotopic (exact) mass is 433 g/mol. The number of anilines is 2. The van der Waals surface area contributed by atoms with Crippen LogP contribution in [0.1, 0.15) is 16.1 Å². The van der Waals surface area contributed by atoms with Gasteiger partial charge in [0, 0.05) is 17.6 Å². The number of carbonyl (C=O) groups is 2. The van der Waals surface area contributed by atoms with Gasteiger partial charge in [0.05, 0.1) is 0 Å². The van der Waals surface area contributed by atoms with Crippen LogP contribution in [0.15, 0.2) is 60.0 Å². The minimum Gasteiger partial charge on any atom is -0.451 e. The number of aromatic nitrogens is 1. The van der Waals surface area contributed by atoms with E-state index >= 15 is 0 Å². The van der Waals surface area contributed by atoms with Crippen molar-refractivity contribution in [2.45, 2.75) is 13.2 Å². The van der Waals surface area contributed by atoms with Gasteiger partial charge in [-0.2, -0.15) is 8.78 Å². The highest BCUT2D eigenvalue weighted by Crippen LogP contribution is 2.19. The van der Waals surface area contributed by atoms with Gasteiger partial charge in [0.2, 0.25) is 0 Å². The predicted octanol–water partition coefficient (Wildman–Crippen LogP) is 4.15. The molecule has 0 saturated heterocycles. The molecule has 3 rings (SSSR count). The number of rotatable bonds is 9. The quantitative estimate of drug-likeness (QED) is 0.493. The normalized spacial score (nSPS) is 10.5. The van der Waals surface area contributed by atoms with Gasteiger partial charge >= 0.3 is 12.6 Å². The summed E-state index contributed by atoms with van der Waals surface area (Å²) in [7, 11) is 0. The van der Waals surface area contributed by atoms with Crippen LogP contribution >= 0.6 is 11.3 Å². The van der Waals surface area contributed by atoms with Crippen LogP contribution in [0, 0.1) is 0 Å². The lowest BCUT2D eigenvalue weighted by Gasteiger charge is -2.07. The summed E-state index contributed by atoms with van der Waals surface area (Å²) >= 11 is 1.25. The summed E-state index contributed by atoms with van der Waals surface area (Å²) < 4.78 is 33.4. The number of alkyl halides is 2. The molecule has 2 N–H and O–H groups in total. The Balaban J connectivity index is 1.43. The van der Waals surface area contributed by atoms with Gasteiger partial charge in [-0.25, -0.2) is 9.78 Å². The Morgan fingerprint density at radius 1 is 1.07 bits per heavy atom. The number of esters is 1. The van der Waals surface area contributed by atoms with E-state index in [0.29, 0.717) is 17.4 Å². The number of thiazole rings is 1. The molecule has 156 valence electrons. The lowest BCUT2D eigenvalue weighted by molar-refractivity contribution is -0.119. The first-order valence-electron chi connectivity index (χ1n) is 8.75. The highest BCUT2D eigenvalue weighted by atomic mass is 32.1. The summed E-state index contributed by atoms with van der Waals surface area (Å²) in [6.07, 6.45) is 0. The average molecular weight is 433 g/mol. The average Bonchev–Trinajstić information content (AvgIpc) is 3.21. The number of ether oxygens (including phenoxy) is 2. The molecule has 0 aliphatic rings. The molecule has 0 spiro atoms. The second-order valence-electron chi connectivity index (χ2n) is 5.90. The first kappa shape index (κ1) is 21.2. The summed E-state index contributed by atoms with van der Waals surface area (Å²) in [6, 6.07) is 15.1. The van der Waals surface area contributed by atoms with Crippen LogP contribution in [0.25, 0.3) is 0 Å². The van der Waals surface area contributed by atoms with E-state index in [9.17, 15) is 18.4 Å². The van der Waals surface area contributed by atoms with Gasteiger partial charge in [0.25, 0.3) is 5.91 Å². The highest BCUT2D eigenvalue weighted by molar-refractivity contribution is 7.13. The van der Waals surface area contributed by atoms with Crippen LogP contribution in [0.5, 0.6) is 5.75 Å². The Hall–Kier alpha value is -3.53. The molecule has 1 heterocycles. The maximum atomic E-state index is 12.1. The Kier molecular flexibility index (Phi) is 7.28. The largest absolute Gasteiger partial charge is 0.451 e. The molecule has 0 radical (unpaired) electrons. The van der Waals surface area contributed by atoms with Crippen LogP contribution in [0.4, 0.5) is 19.6 Å². The third-order valence-electron chi connectivity index (χ3n) is 3.70. The smallest absolute Gasteiger partial charge is 0.387 e. The number of hydrogen-bond donors (Lipinski definition) is 2. The number of halogens is 2. The van der Waals surface area contributed by atoms with Crippen LogP contribution in [0.3, 0.4) is 0 Å². The molecule has 3 aromatic rings. The van der Waals surface area contributed by atoms with E-state index in [1.165, 1.54) is 41.0 Å². The minimum absolute atomic E-state index is 0.0327. The minimum atomic E-state index is -2.93. The zero-order chi connectivity index (χ0) is 21.3. The van der Waals surface area contributed by atoms with Gasteiger partial charge in [-0.1, -0.05) is 30.3 Å². The Bertz CT molecular complexity index is 981. The lowest BCUT2D eigenvalue weighted by Crippen LogP contribution is -2.21. The molecule has 0 atom stereocenters. The number of nitrogens with zero attached hydrogens (tertiary/aromatic N) is 1. The van der Waals surface area contributed by atoms with Gasteiger partial charge in [-0.3, -0.25) is 4.79 Å². The third-order valence-corrected chi connectivity index (χ3v) is 4.50. The number of benzene rings is 2. The molecule has 0 saturated carbocycles. The van der Waals surface area contributed by atoms with Gasteiger partial charge in [0.1, 0.15) is 5.75 Å². The van der Waals surface area contributed by atoms with Crippen molar-refractivity contribution in [1.29, 1.82) is 0 Å². The molecule has 1 aromatic heterocycles. The molecule has 0 unspecified atom stereocenters. The summed E-state index contributed by atoms with van der Waals surface area (Å²) in [5, 5.41) is 7.69. The fraction of sp³-hybridized carbons (Fsp3) is 0.150. The van der Waals surface area contributed by atoms with E-state index in [4.69, 9.17) is 4.74 Å². The summed E-state index contributed by atoms with van der Waals surface area (Å²) in [5.74, 6) is -1.34. The molecule has 0 aliphatic carbocycles. The number of carbonyl (C=O) groups excluding carboxylic acids is 2. The first-order valence-corrected chi connectivity index (χ1v) is 9.63. The van der Waals surface area contributed by atoms with E-state index in [0.717, 1.165) is 5.56 Å². The Morgan fingerprint density at radius 3 is 2.50 bits per heavy atom. The van der Waals surface area contributed by atoms with Crippen molar-refractivity contribution in [3.63, 3.8) is 0 Å². The van der Waals surface area contributed by atoms with Crippen molar-refractivity contribution in [2.75, 3.05) is 17.2 Å². The molecular weight excluding hydrogens is 416 g/mol. The van der Waals surface area contributed by atoms with E-state index in [2.05, 4.69) is 20.4 Å². The standard InChI is InChI=1S/C20H17F2N3O4S/c21-19(22)29-15-8-6-14(7-9-15)24-17(26)11-28-18(27)16-12-30-20(25-16)23-10-13-4-2-1-3-5-13/h1-9,12,19H,10-11H2,(H,23,25)(H,24,26). The van der Waals surface area contributed by atoms with E-state index in [1.54, 1.807) is 0 Å². The molecule has 7 nitrogen and oxygen atoms in total. The van der Waals surface area contributed by atoms with Crippen molar-refractivity contribution in [1.82, 2.24) is 4.98 Å². The third kappa shape index (κ3) is 6.52. The number of nitrogens with one attached hydrogen (secondary N) is 2. The number of amides is 1. The van der Waals surface area contributed by atoms with Crippen LogP contribution in [-0.2, 0) is 16.1 Å². The maximum absolute atomic E-state index is 12.1. The van der Waals surface area contributed by atoms with Crippen LogP contribution in [-0.4, -0.2) is 30.1 Å². The van der Waals surface area contributed by atoms with Gasteiger partial charge in [-0.15, -0.1) is 11.3 Å². The molecular formula is C20H17F2N3O4S. The molecule has 1 amide bonds. The summed E-state index contributed by atoms with van der Waals surface area (Å²) in [5.41, 5.74) is 1.51. The first-order chi connectivity index (χ1) is 14.5. The lowest BCUT2D eigenvalue weighted by atomic mass is 10.2. The highest BCUT2D eigenvalue weighted by Gasteiger charge is 2.14. The van der Waals surface area contributed by atoms with Crippen molar-refractivity contribution < 1.29 is 27.8 Å². The fourth-order valence-corrected chi connectivity index (χ4v) is 3.02. The Morgan fingerprint density at radius 2 is 1.80 bits per heavy atom. The van der Waals surface area contributed by atoms with Gasteiger partial charge in [0.15, 0.2) is 17.4 Å². The zero-order valence-electron chi connectivity index (χ0n) is 15.5. The zero-order valence-corrected chi connectivity index (χ0v) is 16.3. The maximum Gasteiger partial charge on any atom is 0.387 e. The van der Waals surface area contributed by atoms with Crippen LogP contribution < -0.4 is 15.4 Å².